The second-order valence-corrected chi connectivity index (χ2v) is 6.02. The van der Waals surface area contributed by atoms with Crippen LogP contribution in [0.15, 0.2) is 22.8 Å². The van der Waals surface area contributed by atoms with Crippen LogP contribution < -0.4 is 5.32 Å². The zero-order chi connectivity index (χ0) is 16.2. The lowest BCUT2D eigenvalue weighted by Crippen LogP contribution is -2.39. The SMILES string of the molecule is O=C(COC1C=C(C(F)(F)F)C(Cl)=CC1)NC1CCCCC1. The fourth-order valence-electron chi connectivity index (χ4n) is 2.71. The van der Waals surface area contributed by atoms with E-state index < -0.39 is 17.9 Å². The summed E-state index contributed by atoms with van der Waals surface area (Å²) in [5, 5.41) is 2.54. The normalized spacial score (nSPS) is 23.7. The Balaban J connectivity index is 1.81. The number of carbonyl (C=O) groups is 1. The molecule has 1 amide bonds. The van der Waals surface area contributed by atoms with E-state index in [0.29, 0.717) is 0 Å². The van der Waals surface area contributed by atoms with Gasteiger partial charge in [-0.3, -0.25) is 4.79 Å². The average Bonchev–Trinajstić information content (AvgIpc) is 2.46. The maximum atomic E-state index is 12.7. The van der Waals surface area contributed by atoms with Gasteiger partial charge in [-0.25, -0.2) is 0 Å². The molecule has 1 atom stereocenters. The van der Waals surface area contributed by atoms with Crippen molar-refractivity contribution < 1.29 is 22.7 Å². The number of amides is 1. The van der Waals surface area contributed by atoms with E-state index in [1.807, 2.05) is 0 Å². The van der Waals surface area contributed by atoms with E-state index in [9.17, 15) is 18.0 Å². The lowest BCUT2D eigenvalue weighted by Gasteiger charge is -2.24. The molecule has 124 valence electrons. The molecular weight excluding hydrogens is 319 g/mol. The van der Waals surface area contributed by atoms with E-state index in [-0.39, 0.29) is 30.0 Å². The third-order valence-corrected chi connectivity index (χ3v) is 4.20. The molecule has 0 spiro atoms. The first-order valence-electron chi connectivity index (χ1n) is 7.42. The molecule has 2 aliphatic carbocycles. The summed E-state index contributed by atoms with van der Waals surface area (Å²) in [6, 6.07) is 0.159. The van der Waals surface area contributed by atoms with Gasteiger partial charge in [0.2, 0.25) is 5.91 Å². The number of allylic oxidation sites excluding steroid dienone is 2. The summed E-state index contributed by atoms with van der Waals surface area (Å²) >= 11 is 5.56. The van der Waals surface area contributed by atoms with Gasteiger partial charge in [-0.2, -0.15) is 13.2 Å². The van der Waals surface area contributed by atoms with Gasteiger partial charge in [0.15, 0.2) is 0 Å². The van der Waals surface area contributed by atoms with Crippen molar-refractivity contribution in [3.8, 4) is 0 Å². The first kappa shape index (κ1) is 17.3. The van der Waals surface area contributed by atoms with Gasteiger partial charge in [-0.1, -0.05) is 36.9 Å². The van der Waals surface area contributed by atoms with E-state index in [1.165, 1.54) is 12.5 Å². The van der Waals surface area contributed by atoms with Crippen LogP contribution in [0.5, 0.6) is 0 Å². The molecule has 22 heavy (non-hydrogen) atoms. The topological polar surface area (TPSA) is 38.3 Å². The molecule has 0 saturated heterocycles. The summed E-state index contributed by atoms with van der Waals surface area (Å²) in [7, 11) is 0. The van der Waals surface area contributed by atoms with Gasteiger partial charge < -0.3 is 10.1 Å². The standard InChI is InChI=1S/C15H19ClF3NO2/c16-13-7-6-11(8-12(13)15(17,18)19)22-9-14(21)20-10-4-2-1-3-5-10/h7-8,10-11H,1-6,9H2,(H,20,21). The van der Waals surface area contributed by atoms with Gasteiger partial charge in [0.1, 0.15) is 6.61 Å². The predicted molar refractivity (Wildman–Crippen MR) is 77.4 cm³/mol. The van der Waals surface area contributed by atoms with Gasteiger partial charge >= 0.3 is 6.18 Å². The van der Waals surface area contributed by atoms with E-state index in [0.717, 1.165) is 31.8 Å². The summed E-state index contributed by atoms with van der Waals surface area (Å²) in [6.45, 7) is -0.242. The van der Waals surface area contributed by atoms with Crippen molar-refractivity contribution in [1.82, 2.24) is 5.32 Å². The smallest absolute Gasteiger partial charge is 0.364 e. The minimum atomic E-state index is -4.51. The molecule has 1 saturated carbocycles. The Morgan fingerprint density at radius 3 is 2.64 bits per heavy atom. The molecule has 1 unspecified atom stereocenters. The molecule has 3 nitrogen and oxygen atoms in total. The number of nitrogens with one attached hydrogen (secondary N) is 1. The monoisotopic (exact) mass is 337 g/mol. The highest BCUT2D eigenvalue weighted by molar-refractivity contribution is 6.32. The number of hydrogen-bond donors (Lipinski definition) is 1. The van der Waals surface area contributed by atoms with Gasteiger partial charge in [-0.15, -0.1) is 0 Å². The number of carbonyl (C=O) groups excluding carboxylic acids is 1. The van der Waals surface area contributed by atoms with Crippen molar-refractivity contribution in [2.45, 2.75) is 56.8 Å². The number of ether oxygens (including phenoxy) is 1. The minimum Gasteiger partial charge on any atom is -0.364 e. The molecule has 0 radical (unpaired) electrons. The Bertz CT molecular complexity index is 468. The molecule has 2 aliphatic rings. The van der Waals surface area contributed by atoms with E-state index >= 15 is 0 Å². The summed E-state index contributed by atoms with van der Waals surface area (Å²) in [6.07, 6.45) is 2.42. The van der Waals surface area contributed by atoms with Crippen molar-refractivity contribution in [2.24, 2.45) is 0 Å². The summed E-state index contributed by atoms with van der Waals surface area (Å²) in [4.78, 5) is 11.8. The fourth-order valence-corrected chi connectivity index (χ4v) is 2.97. The number of rotatable bonds is 4. The maximum Gasteiger partial charge on any atom is 0.417 e. The lowest BCUT2D eigenvalue weighted by atomic mass is 9.95. The number of hydrogen-bond acceptors (Lipinski definition) is 2. The highest BCUT2D eigenvalue weighted by atomic mass is 35.5. The van der Waals surface area contributed by atoms with Crippen LogP contribution >= 0.6 is 11.6 Å². The van der Waals surface area contributed by atoms with Crippen LogP contribution in [0.4, 0.5) is 13.2 Å². The predicted octanol–water partition coefficient (Wildman–Crippen LogP) is 3.84. The second kappa shape index (κ2) is 7.51. The van der Waals surface area contributed by atoms with Crippen LogP contribution in [0.3, 0.4) is 0 Å². The molecule has 0 bridgehead atoms. The van der Waals surface area contributed by atoms with E-state index in [4.69, 9.17) is 16.3 Å². The van der Waals surface area contributed by atoms with E-state index in [1.54, 1.807) is 0 Å². The highest BCUT2D eigenvalue weighted by Crippen LogP contribution is 2.36. The summed E-state index contributed by atoms with van der Waals surface area (Å²) in [5.74, 6) is -0.283. The molecule has 0 aromatic carbocycles. The highest BCUT2D eigenvalue weighted by Gasteiger charge is 2.37. The third-order valence-electron chi connectivity index (χ3n) is 3.84. The Hall–Kier alpha value is -1.01. The Labute approximate surface area is 132 Å². The second-order valence-electron chi connectivity index (χ2n) is 5.62. The molecule has 0 aliphatic heterocycles. The lowest BCUT2D eigenvalue weighted by molar-refractivity contribution is -0.127. The van der Waals surface area contributed by atoms with Crippen LogP contribution in [0, 0.1) is 0 Å². The maximum absolute atomic E-state index is 12.7. The van der Waals surface area contributed by atoms with Crippen LogP contribution in [0.1, 0.15) is 38.5 Å². The van der Waals surface area contributed by atoms with Crippen molar-refractivity contribution in [3.63, 3.8) is 0 Å². The van der Waals surface area contributed by atoms with Gasteiger partial charge in [-0.05, 0) is 25.3 Å². The van der Waals surface area contributed by atoms with E-state index in [2.05, 4.69) is 5.32 Å². The third kappa shape index (κ3) is 5.02. The quantitative estimate of drug-likeness (QED) is 0.846. The van der Waals surface area contributed by atoms with Crippen molar-refractivity contribution in [1.29, 1.82) is 0 Å². The zero-order valence-electron chi connectivity index (χ0n) is 12.1. The molecule has 7 heteroatoms. The van der Waals surface area contributed by atoms with Crippen LogP contribution in [-0.2, 0) is 9.53 Å². The molecule has 2 rings (SSSR count). The van der Waals surface area contributed by atoms with Crippen molar-refractivity contribution in [2.75, 3.05) is 6.61 Å². The van der Waals surface area contributed by atoms with Gasteiger partial charge in [0.25, 0.3) is 0 Å². The molecular formula is C15H19ClF3NO2. The first-order chi connectivity index (χ1) is 10.4. The van der Waals surface area contributed by atoms with Crippen molar-refractivity contribution in [3.05, 3.63) is 22.8 Å². The molecule has 1 N–H and O–H groups in total. The molecule has 0 aromatic rings. The fraction of sp³-hybridized carbons (Fsp3) is 0.667. The molecule has 1 fully saturated rings. The Morgan fingerprint density at radius 1 is 1.32 bits per heavy atom. The summed E-state index contributed by atoms with van der Waals surface area (Å²) in [5.41, 5.74) is -0.905. The molecule has 0 heterocycles. The van der Waals surface area contributed by atoms with Gasteiger partial charge in [0, 0.05) is 11.1 Å². The Morgan fingerprint density at radius 2 is 2.00 bits per heavy atom. The number of alkyl halides is 3. The van der Waals surface area contributed by atoms with Crippen LogP contribution in [0.2, 0.25) is 0 Å². The summed E-state index contributed by atoms with van der Waals surface area (Å²) < 4.78 is 43.5. The Kier molecular flexibility index (Phi) is 5.92. The molecule has 0 aromatic heterocycles. The number of halogens is 4. The zero-order valence-corrected chi connectivity index (χ0v) is 12.8. The largest absolute Gasteiger partial charge is 0.417 e. The average molecular weight is 338 g/mol. The van der Waals surface area contributed by atoms with Gasteiger partial charge in [0.05, 0.1) is 11.7 Å². The van der Waals surface area contributed by atoms with Crippen LogP contribution in [0.25, 0.3) is 0 Å². The first-order valence-corrected chi connectivity index (χ1v) is 7.80. The van der Waals surface area contributed by atoms with Crippen molar-refractivity contribution >= 4 is 17.5 Å². The minimum absolute atomic E-state index is 0.159. The van der Waals surface area contributed by atoms with Crippen LogP contribution in [-0.4, -0.2) is 30.8 Å².